The van der Waals surface area contributed by atoms with Crippen molar-refractivity contribution in [2.75, 3.05) is 12.4 Å². The molecule has 0 saturated carbocycles. The molecular weight excluding hydrogens is 322 g/mol. The summed E-state index contributed by atoms with van der Waals surface area (Å²) < 4.78 is 5.96. The van der Waals surface area contributed by atoms with Crippen LogP contribution in [-0.4, -0.2) is 24.4 Å². The summed E-state index contributed by atoms with van der Waals surface area (Å²) in [5.74, 6) is 0.161. The summed E-state index contributed by atoms with van der Waals surface area (Å²) in [6, 6.07) is 2.05. The van der Waals surface area contributed by atoms with Gasteiger partial charge in [-0.1, -0.05) is 0 Å². The molecule has 2 unspecified atom stereocenters. The van der Waals surface area contributed by atoms with Gasteiger partial charge >= 0.3 is 5.97 Å². The number of nitrogens with two attached hydrogens (primary N) is 1. The van der Waals surface area contributed by atoms with Crippen LogP contribution in [0.15, 0.2) is 15.9 Å². The normalized spacial score (nSPS) is 14.4. The van der Waals surface area contributed by atoms with Crippen LogP contribution in [0.4, 0.5) is 0 Å². The van der Waals surface area contributed by atoms with Gasteiger partial charge in [0.15, 0.2) is 0 Å². The van der Waals surface area contributed by atoms with Crippen molar-refractivity contribution in [1.29, 1.82) is 0 Å². The van der Waals surface area contributed by atoms with Crippen LogP contribution in [-0.2, 0) is 9.53 Å². The highest BCUT2D eigenvalue weighted by Crippen LogP contribution is 2.36. The third kappa shape index (κ3) is 4.99. The van der Waals surface area contributed by atoms with Gasteiger partial charge in [0.25, 0.3) is 0 Å². The zero-order valence-electron chi connectivity index (χ0n) is 9.81. The summed E-state index contributed by atoms with van der Waals surface area (Å²) in [5.41, 5.74) is 5.96. The standard InChI is InChI=1S/C11H16BrNO2S2/c1-3-15-10(14)6-17-11(7(2)13)9-4-8(12)5-16-9/h4-5,7,11H,3,6,13H2,1-2H3. The Labute approximate surface area is 118 Å². The second-order valence-electron chi connectivity index (χ2n) is 3.56. The minimum atomic E-state index is -0.182. The van der Waals surface area contributed by atoms with Crippen molar-refractivity contribution >= 4 is 45.0 Å². The molecule has 0 spiro atoms. The van der Waals surface area contributed by atoms with Crippen LogP contribution in [0.5, 0.6) is 0 Å². The maximum Gasteiger partial charge on any atom is 0.315 e. The van der Waals surface area contributed by atoms with Crippen molar-refractivity contribution in [3.63, 3.8) is 0 Å². The molecule has 0 aliphatic carbocycles. The number of thiophene rings is 1. The SMILES string of the molecule is CCOC(=O)CSC(c1cc(Br)cs1)C(C)N. The second kappa shape index (κ2) is 7.41. The molecule has 1 aromatic heterocycles. The number of thioether (sulfide) groups is 1. The molecule has 3 nitrogen and oxygen atoms in total. The molecule has 0 radical (unpaired) electrons. The van der Waals surface area contributed by atoms with Crippen LogP contribution in [0.3, 0.4) is 0 Å². The highest BCUT2D eigenvalue weighted by Gasteiger charge is 2.20. The first kappa shape index (κ1) is 15.0. The molecule has 1 rings (SSSR count). The van der Waals surface area contributed by atoms with Gasteiger partial charge in [0.2, 0.25) is 0 Å². The van der Waals surface area contributed by atoms with Crippen LogP contribution in [0, 0.1) is 0 Å². The highest BCUT2D eigenvalue weighted by atomic mass is 79.9. The predicted octanol–water partition coefficient (Wildman–Crippen LogP) is 3.20. The Bertz CT molecular complexity index is 368. The van der Waals surface area contributed by atoms with Gasteiger partial charge in [-0.3, -0.25) is 4.79 Å². The van der Waals surface area contributed by atoms with Crippen molar-refractivity contribution < 1.29 is 9.53 Å². The largest absolute Gasteiger partial charge is 0.465 e. The topological polar surface area (TPSA) is 52.3 Å². The average molecular weight is 338 g/mol. The molecule has 0 fully saturated rings. The van der Waals surface area contributed by atoms with E-state index in [0.717, 1.165) is 4.47 Å². The number of rotatable bonds is 6. The van der Waals surface area contributed by atoms with Crippen LogP contribution in [0.1, 0.15) is 24.0 Å². The zero-order chi connectivity index (χ0) is 12.8. The van der Waals surface area contributed by atoms with Gasteiger partial charge in [-0.2, -0.15) is 0 Å². The number of carbonyl (C=O) groups is 1. The van der Waals surface area contributed by atoms with Crippen molar-refractivity contribution in [3.05, 3.63) is 20.8 Å². The lowest BCUT2D eigenvalue weighted by Gasteiger charge is -2.18. The van der Waals surface area contributed by atoms with E-state index in [1.165, 1.54) is 16.6 Å². The zero-order valence-corrected chi connectivity index (χ0v) is 13.0. The molecule has 6 heteroatoms. The lowest BCUT2D eigenvalue weighted by atomic mass is 10.2. The minimum Gasteiger partial charge on any atom is -0.465 e. The van der Waals surface area contributed by atoms with E-state index in [1.807, 2.05) is 19.2 Å². The molecule has 0 bridgehead atoms. The summed E-state index contributed by atoms with van der Waals surface area (Å²) in [7, 11) is 0. The molecule has 2 N–H and O–H groups in total. The number of carbonyl (C=O) groups excluding carboxylic acids is 1. The Morgan fingerprint density at radius 2 is 2.41 bits per heavy atom. The maximum absolute atomic E-state index is 11.3. The summed E-state index contributed by atoms with van der Waals surface area (Å²) in [4.78, 5) is 12.5. The third-order valence-electron chi connectivity index (χ3n) is 2.03. The van der Waals surface area contributed by atoms with Gasteiger partial charge in [0.1, 0.15) is 0 Å². The van der Waals surface area contributed by atoms with Crippen LogP contribution < -0.4 is 5.73 Å². The van der Waals surface area contributed by atoms with Crippen molar-refractivity contribution in [2.45, 2.75) is 25.1 Å². The fourth-order valence-corrected chi connectivity index (χ4v) is 4.18. The van der Waals surface area contributed by atoms with E-state index in [-0.39, 0.29) is 17.3 Å². The van der Waals surface area contributed by atoms with Crippen molar-refractivity contribution in [2.24, 2.45) is 5.73 Å². The number of halogens is 1. The predicted molar refractivity (Wildman–Crippen MR) is 77.5 cm³/mol. The summed E-state index contributed by atoms with van der Waals surface area (Å²) in [5, 5.41) is 2.16. The first-order chi connectivity index (χ1) is 8.04. The summed E-state index contributed by atoms with van der Waals surface area (Å²) >= 11 is 6.61. The van der Waals surface area contributed by atoms with E-state index < -0.39 is 0 Å². The number of esters is 1. The lowest BCUT2D eigenvalue weighted by Crippen LogP contribution is -2.23. The Kier molecular flexibility index (Phi) is 6.54. The van der Waals surface area contributed by atoms with E-state index in [4.69, 9.17) is 10.5 Å². The van der Waals surface area contributed by atoms with E-state index in [9.17, 15) is 4.79 Å². The van der Waals surface area contributed by atoms with Crippen molar-refractivity contribution in [3.8, 4) is 0 Å². The van der Waals surface area contributed by atoms with Gasteiger partial charge in [-0.15, -0.1) is 23.1 Å². The summed E-state index contributed by atoms with van der Waals surface area (Å²) in [6.07, 6.45) is 0. The van der Waals surface area contributed by atoms with Crippen LogP contribution in [0.2, 0.25) is 0 Å². The molecule has 0 aliphatic rings. The van der Waals surface area contributed by atoms with Crippen LogP contribution in [0.25, 0.3) is 0 Å². The second-order valence-corrected chi connectivity index (χ2v) is 6.55. The van der Waals surface area contributed by atoms with E-state index >= 15 is 0 Å². The molecule has 1 aromatic rings. The maximum atomic E-state index is 11.3. The Hall–Kier alpha value is -0.0400. The fourth-order valence-electron chi connectivity index (χ4n) is 1.33. The van der Waals surface area contributed by atoms with Gasteiger partial charge < -0.3 is 10.5 Å². The van der Waals surface area contributed by atoms with Gasteiger partial charge in [0, 0.05) is 20.8 Å². The molecule has 0 aliphatic heterocycles. The van der Waals surface area contributed by atoms with Crippen molar-refractivity contribution in [1.82, 2.24) is 0 Å². The van der Waals surface area contributed by atoms with E-state index in [1.54, 1.807) is 11.3 Å². The van der Waals surface area contributed by atoms with Crippen LogP contribution >= 0.6 is 39.0 Å². The number of hydrogen-bond donors (Lipinski definition) is 1. The Morgan fingerprint density at radius 3 is 2.88 bits per heavy atom. The number of ether oxygens (including phenoxy) is 1. The fraction of sp³-hybridized carbons (Fsp3) is 0.545. The molecule has 0 saturated heterocycles. The molecule has 1 heterocycles. The number of hydrogen-bond acceptors (Lipinski definition) is 5. The molecule has 2 atom stereocenters. The van der Waals surface area contributed by atoms with Gasteiger partial charge in [-0.05, 0) is 35.8 Å². The summed E-state index contributed by atoms with van der Waals surface area (Å²) in [6.45, 7) is 4.19. The van der Waals surface area contributed by atoms with E-state index in [0.29, 0.717) is 12.4 Å². The van der Waals surface area contributed by atoms with E-state index in [2.05, 4.69) is 22.0 Å². The quantitative estimate of drug-likeness (QED) is 0.810. The van der Waals surface area contributed by atoms with Gasteiger partial charge in [0.05, 0.1) is 17.6 Å². The molecule has 96 valence electrons. The molecular formula is C11H16BrNO2S2. The monoisotopic (exact) mass is 337 g/mol. The lowest BCUT2D eigenvalue weighted by molar-refractivity contribution is -0.139. The molecule has 17 heavy (non-hydrogen) atoms. The Balaban J connectivity index is 2.58. The first-order valence-corrected chi connectivity index (χ1v) is 8.03. The minimum absolute atomic E-state index is 0.0000217. The first-order valence-electron chi connectivity index (χ1n) is 5.31. The smallest absolute Gasteiger partial charge is 0.315 e. The highest BCUT2D eigenvalue weighted by molar-refractivity contribution is 9.10. The molecule has 0 amide bonds. The third-order valence-corrected chi connectivity index (χ3v) is 5.40. The van der Waals surface area contributed by atoms with Gasteiger partial charge in [-0.25, -0.2) is 0 Å². The average Bonchev–Trinajstić information content (AvgIpc) is 2.65. The molecule has 0 aromatic carbocycles. The Morgan fingerprint density at radius 1 is 1.71 bits per heavy atom.